The number of hydrogen-bond donors (Lipinski definition) is 2. The van der Waals surface area contributed by atoms with E-state index in [1.54, 1.807) is 19.0 Å². The van der Waals surface area contributed by atoms with Crippen LogP contribution >= 0.6 is 0 Å². The van der Waals surface area contributed by atoms with Crippen LogP contribution in [0, 0.1) is 0 Å². The maximum atomic E-state index is 11.6. The van der Waals surface area contributed by atoms with Crippen molar-refractivity contribution in [1.82, 2.24) is 20.4 Å². The molecule has 0 aromatic rings. The Hall–Kier alpha value is -1.30. The molecule has 0 spiro atoms. The number of likely N-dealkylation sites (tertiary alicyclic amines) is 1. The number of nitrogens with zero attached hydrogens (tertiary/aromatic N) is 3. The second-order valence-electron chi connectivity index (χ2n) is 5.64. The molecular formula is C15H31N5O. The molecule has 0 aromatic heterocycles. The summed E-state index contributed by atoms with van der Waals surface area (Å²) in [5.41, 5.74) is 0. The summed E-state index contributed by atoms with van der Waals surface area (Å²) in [6, 6.07) is 0.567. The maximum Gasteiger partial charge on any atom is 0.243 e. The van der Waals surface area contributed by atoms with Crippen molar-refractivity contribution in [2.24, 2.45) is 4.99 Å². The number of rotatable bonds is 6. The van der Waals surface area contributed by atoms with E-state index in [-0.39, 0.29) is 12.5 Å². The van der Waals surface area contributed by atoms with Gasteiger partial charge in [-0.15, -0.1) is 0 Å². The zero-order chi connectivity index (χ0) is 15.7. The highest BCUT2D eigenvalue weighted by molar-refractivity contribution is 5.84. The third kappa shape index (κ3) is 6.33. The third-order valence-corrected chi connectivity index (χ3v) is 3.88. The molecule has 0 radical (unpaired) electrons. The van der Waals surface area contributed by atoms with Gasteiger partial charge in [-0.2, -0.15) is 0 Å². The van der Waals surface area contributed by atoms with Gasteiger partial charge in [-0.1, -0.05) is 13.3 Å². The van der Waals surface area contributed by atoms with Gasteiger partial charge in [0.25, 0.3) is 0 Å². The minimum absolute atomic E-state index is 0.0139. The number of hydrogen-bond acceptors (Lipinski definition) is 3. The Labute approximate surface area is 129 Å². The molecule has 2 N–H and O–H groups in total. The Morgan fingerprint density at radius 3 is 2.67 bits per heavy atom. The molecule has 1 heterocycles. The number of piperidine rings is 1. The van der Waals surface area contributed by atoms with Gasteiger partial charge in [0.15, 0.2) is 5.96 Å². The van der Waals surface area contributed by atoms with Gasteiger partial charge in [0, 0.05) is 33.2 Å². The van der Waals surface area contributed by atoms with Crippen molar-refractivity contribution >= 4 is 11.9 Å². The van der Waals surface area contributed by atoms with Gasteiger partial charge in [-0.05, 0) is 32.9 Å². The van der Waals surface area contributed by atoms with E-state index >= 15 is 0 Å². The fraction of sp³-hybridized carbons (Fsp3) is 0.867. The van der Waals surface area contributed by atoms with Gasteiger partial charge in [0.2, 0.25) is 5.91 Å². The van der Waals surface area contributed by atoms with Crippen molar-refractivity contribution in [1.29, 1.82) is 0 Å². The van der Waals surface area contributed by atoms with E-state index in [2.05, 4.69) is 27.4 Å². The largest absolute Gasteiger partial charge is 0.357 e. The first kappa shape index (κ1) is 17.8. The summed E-state index contributed by atoms with van der Waals surface area (Å²) in [7, 11) is 3.50. The molecular weight excluding hydrogens is 266 g/mol. The second kappa shape index (κ2) is 9.60. The summed E-state index contributed by atoms with van der Waals surface area (Å²) in [5.74, 6) is 0.745. The predicted octanol–water partition coefficient (Wildman–Crippen LogP) is 0.504. The van der Waals surface area contributed by atoms with E-state index < -0.39 is 0 Å². The summed E-state index contributed by atoms with van der Waals surface area (Å²) >= 11 is 0. The monoisotopic (exact) mass is 297 g/mol. The Morgan fingerprint density at radius 1 is 1.29 bits per heavy atom. The minimum atomic E-state index is 0.0139. The first-order valence-electron chi connectivity index (χ1n) is 8.04. The number of aliphatic imine (C=N–C) groups is 1. The maximum absolute atomic E-state index is 11.6. The smallest absolute Gasteiger partial charge is 0.243 e. The average Bonchev–Trinajstić information content (AvgIpc) is 2.49. The summed E-state index contributed by atoms with van der Waals surface area (Å²) in [5, 5.41) is 6.57. The Bertz CT molecular complexity index is 343. The lowest BCUT2D eigenvalue weighted by Gasteiger charge is -2.35. The molecule has 6 heteroatoms. The molecule has 0 aliphatic carbocycles. The van der Waals surface area contributed by atoms with Crippen LogP contribution in [0.4, 0.5) is 0 Å². The van der Waals surface area contributed by atoms with Gasteiger partial charge in [0.1, 0.15) is 6.54 Å². The summed E-state index contributed by atoms with van der Waals surface area (Å²) < 4.78 is 0. The quantitative estimate of drug-likeness (QED) is 0.554. The molecule has 0 aromatic carbocycles. The lowest BCUT2D eigenvalue weighted by molar-refractivity contribution is -0.127. The highest BCUT2D eigenvalue weighted by Gasteiger charge is 2.20. The number of carbonyl (C=O) groups is 1. The highest BCUT2D eigenvalue weighted by atomic mass is 16.2. The van der Waals surface area contributed by atoms with Gasteiger partial charge in [0.05, 0.1) is 0 Å². The minimum Gasteiger partial charge on any atom is -0.357 e. The van der Waals surface area contributed by atoms with E-state index in [0.717, 1.165) is 25.6 Å². The topological polar surface area (TPSA) is 60.0 Å². The third-order valence-electron chi connectivity index (χ3n) is 3.88. The first-order valence-corrected chi connectivity index (χ1v) is 8.04. The SMILES string of the molecule is CCNC(=NCC(=O)N(C)C)NCC1CCCCN1CC. The van der Waals surface area contributed by atoms with Crippen LogP contribution in [0.15, 0.2) is 4.99 Å². The van der Waals surface area contributed by atoms with Crippen molar-refractivity contribution in [3.63, 3.8) is 0 Å². The van der Waals surface area contributed by atoms with E-state index in [4.69, 9.17) is 0 Å². The predicted molar refractivity (Wildman–Crippen MR) is 87.6 cm³/mol. The van der Waals surface area contributed by atoms with E-state index in [9.17, 15) is 4.79 Å². The Balaban J connectivity index is 2.49. The average molecular weight is 297 g/mol. The fourth-order valence-electron chi connectivity index (χ4n) is 2.55. The number of nitrogens with one attached hydrogen (secondary N) is 2. The van der Waals surface area contributed by atoms with Crippen molar-refractivity contribution in [2.75, 3.05) is 46.8 Å². The molecule has 1 amide bonds. The van der Waals surface area contributed by atoms with Crippen LogP contribution in [0.5, 0.6) is 0 Å². The number of carbonyl (C=O) groups excluding carboxylic acids is 1. The van der Waals surface area contributed by atoms with Crippen LogP contribution in [-0.4, -0.2) is 74.5 Å². The summed E-state index contributed by atoms with van der Waals surface area (Å²) in [4.78, 5) is 20.0. The van der Waals surface area contributed by atoms with E-state index in [1.807, 2.05) is 6.92 Å². The van der Waals surface area contributed by atoms with Crippen molar-refractivity contribution in [3.05, 3.63) is 0 Å². The summed E-state index contributed by atoms with van der Waals surface area (Å²) in [6.07, 6.45) is 3.84. The number of likely N-dealkylation sites (N-methyl/N-ethyl adjacent to an activating group) is 2. The van der Waals surface area contributed by atoms with Crippen molar-refractivity contribution in [2.45, 2.75) is 39.2 Å². The van der Waals surface area contributed by atoms with Gasteiger partial charge in [-0.3, -0.25) is 9.69 Å². The molecule has 0 saturated carbocycles. The van der Waals surface area contributed by atoms with Gasteiger partial charge < -0.3 is 15.5 Å². The molecule has 1 fully saturated rings. The Kier molecular flexibility index (Phi) is 8.12. The first-order chi connectivity index (χ1) is 10.1. The highest BCUT2D eigenvalue weighted by Crippen LogP contribution is 2.15. The van der Waals surface area contributed by atoms with Crippen LogP contribution < -0.4 is 10.6 Å². The molecule has 1 aliphatic rings. The molecule has 21 heavy (non-hydrogen) atoms. The Morgan fingerprint density at radius 2 is 2.05 bits per heavy atom. The molecule has 6 nitrogen and oxygen atoms in total. The fourth-order valence-corrected chi connectivity index (χ4v) is 2.55. The number of guanidine groups is 1. The second-order valence-corrected chi connectivity index (χ2v) is 5.64. The van der Waals surface area contributed by atoms with Crippen LogP contribution in [-0.2, 0) is 4.79 Å². The summed E-state index contributed by atoms with van der Waals surface area (Å²) in [6.45, 7) is 8.40. The van der Waals surface area contributed by atoms with Crippen LogP contribution in [0.3, 0.4) is 0 Å². The van der Waals surface area contributed by atoms with Crippen LogP contribution in [0.2, 0.25) is 0 Å². The lowest BCUT2D eigenvalue weighted by atomic mass is 10.0. The van der Waals surface area contributed by atoms with Crippen molar-refractivity contribution in [3.8, 4) is 0 Å². The van der Waals surface area contributed by atoms with Crippen molar-refractivity contribution < 1.29 is 4.79 Å². The van der Waals surface area contributed by atoms with E-state index in [0.29, 0.717) is 6.04 Å². The standard InChI is InChI=1S/C15H31N5O/c1-5-16-15(18-12-14(21)19(3)4)17-11-13-9-7-8-10-20(13)6-2/h13H,5-12H2,1-4H3,(H2,16,17,18). The normalized spacial score (nSPS) is 20.2. The zero-order valence-electron chi connectivity index (χ0n) is 14.0. The molecule has 0 bridgehead atoms. The molecule has 122 valence electrons. The molecule has 1 rings (SSSR count). The van der Waals surface area contributed by atoms with E-state index in [1.165, 1.54) is 25.8 Å². The molecule has 1 atom stereocenters. The molecule has 1 aliphatic heterocycles. The van der Waals surface area contributed by atoms with Crippen LogP contribution in [0.25, 0.3) is 0 Å². The number of amides is 1. The van der Waals surface area contributed by atoms with Crippen LogP contribution in [0.1, 0.15) is 33.1 Å². The lowest BCUT2D eigenvalue weighted by Crippen LogP contribution is -2.49. The molecule has 1 saturated heterocycles. The van der Waals surface area contributed by atoms with Gasteiger partial charge in [-0.25, -0.2) is 4.99 Å². The molecule has 1 unspecified atom stereocenters. The zero-order valence-corrected chi connectivity index (χ0v) is 14.0. The van der Waals surface area contributed by atoms with Gasteiger partial charge >= 0.3 is 0 Å².